The number of pyridine rings is 1. The van der Waals surface area contributed by atoms with Gasteiger partial charge in [-0.05, 0) is 64.8 Å². The third-order valence-electron chi connectivity index (χ3n) is 4.67. The van der Waals surface area contributed by atoms with E-state index in [2.05, 4.69) is 15.6 Å². The van der Waals surface area contributed by atoms with Gasteiger partial charge in [0.1, 0.15) is 23.0 Å². The standard InChI is InChI=1S/C24H32ClN3O5/c1-22(2,3)33-20(29)26-15-24(6,31)18-12-17(13-19(25)27-18)23(4,5)28-21(30)32-14-16-10-8-7-9-11-16/h7-13,31H,14-15H2,1-6H3,(H,26,29)(H,28,30). The molecule has 3 N–H and O–H groups in total. The average molecular weight is 478 g/mol. The molecule has 180 valence electrons. The highest BCUT2D eigenvalue weighted by Gasteiger charge is 2.31. The highest BCUT2D eigenvalue weighted by atomic mass is 35.5. The van der Waals surface area contributed by atoms with E-state index < -0.39 is 28.9 Å². The van der Waals surface area contributed by atoms with Crippen molar-refractivity contribution in [3.8, 4) is 0 Å². The zero-order valence-electron chi connectivity index (χ0n) is 19.9. The predicted octanol–water partition coefficient (Wildman–Crippen LogP) is 4.63. The minimum Gasteiger partial charge on any atom is -0.445 e. The fraction of sp³-hybridized carbons (Fsp3) is 0.458. The Morgan fingerprint density at radius 3 is 2.27 bits per heavy atom. The fourth-order valence-corrected chi connectivity index (χ4v) is 3.08. The number of rotatable bonds is 7. The van der Waals surface area contributed by atoms with E-state index in [9.17, 15) is 14.7 Å². The summed E-state index contributed by atoms with van der Waals surface area (Å²) >= 11 is 6.21. The first kappa shape index (κ1) is 26.4. The van der Waals surface area contributed by atoms with Crippen LogP contribution in [0.15, 0.2) is 42.5 Å². The van der Waals surface area contributed by atoms with Crippen molar-refractivity contribution < 1.29 is 24.2 Å². The van der Waals surface area contributed by atoms with E-state index in [1.807, 2.05) is 30.3 Å². The Morgan fingerprint density at radius 2 is 1.67 bits per heavy atom. The van der Waals surface area contributed by atoms with E-state index >= 15 is 0 Å². The molecule has 1 aromatic carbocycles. The zero-order valence-corrected chi connectivity index (χ0v) is 20.6. The van der Waals surface area contributed by atoms with Crippen LogP contribution in [0.2, 0.25) is 5.15 Å². The minimum absolute atomic E-state index is 0.132. The van der Waals surface area contributed by atoms with E-state index in [0.717, 1.165) is 5.56 Å². The first-order chi connectivity index (χ1) is 15.2. The minimum atomic E-state index is -1.54. The van der Waals surface area contributed by atoms with Crippen LogP contribution in [0.1, 0.15) is 58.4 Å². The van der Waals surface area contributed by atoms with E-state index in [1.54, 1.807) is 46.8 Å². The monoisotopic (exact) mass is 477 g/mol. The van der Waals surface area contributed by atoms with Crippen molar-refractivity contribution in [2.45, 2.75) is 64.9 Å². The Hall–Kier alpha value is -2.84. The van der Waals surface area contributed by atoms with Gasteiger partial charge >= 0.3 is 12.2 Å². The topological polar surface area (TPSA) is 110 Å². The summed E-state index contributed by atoms with van der Waals surface area (Å²) in [4.78, 5) is 28.5. The summed E-state index contributed by atoms with van der Waals surface area (Å²) in [5, 5.41) is 16.4. The van der Waals surface area contributed by atoms with Gasteiger partial charge in [0.15, 0.2) is 0 Å². The maximum atomic E-state index is 12.4. The molecule has 1 unspecified atom stereocenters. The van der Waals surface area contributed by atoms with Crippen LogP contribution in [0, 0.1) is 0 Å². The summed E-state index contributed by atoms with van der Waals surface area (Å²) in [5.41, 5.74) is -1.39. The number of carbonyl (C=O) groups excluding carboxylic acids is 2. The second kappa shape index (κ2) is 10.4. The number of aromatic nitrogens is 1. The molecule has 9 heteroatoms. The molecule has 0 saturated heterocycles. The van der Waals surface area contributed by atoms with Gasteiger partial charge in [0.2, 0.25) is 0 Å². The number of alkyl carbamates (subject to hydrolysis) is 2. The van der Waals surface area contributed by atoms with Gasteiger partial charge in [-0.1, -0.05) is 41.9 Å². The quantitative estimate of drug-likeness (QED) is 0.501. The summed E-state index contributed by atoms with van der Waals surface area (Å²) in [5.74, 6) is 0. The Morgan fingerprint density at radius 1 is 1.03 bits per heavy atom. The van der Waals surface area contributed by atoms with E-state index in [-0.39, 0.29) is 24.0 Å². The fourth-order valence-electron chi connectivity index (χ4n) is 2.87. The number of hydrogen-bond donors (Lipinski definition) is 3. The van der Waals surface area contributed by atoms with E-state index in [1.165, 1.54) is 6.92 Å². The molecule has 0 saturated carbocycles. The molecule has 33 heavy (non-hydrogen) atoms. The molecule has 1 atom stereocenters. The van der Waals surface area contributed by atoms with Gasteiger partial charge in [0.05, 0.1) is 17.8 Å². The number of nitrogens with zero attached hydrogens (tertiary/aromatic N) is 1. The normalized spacial score (nSPS) is 13.6. The van der Waals surface area contributed by atoms with E-state index in [0.29, 0.717) is 5.56 Å². The second-order valence-electron chi connectivity index (χ2n) is 9.50. The van der Waals surface area contributed by atoms with Crippen molar-refractivity contribution in [3.05, 3.63) is 64.4 Å². The average Bonchev–Trinajstić information content (AvgIpc) is 2.70. The van der Waals surface area contributed by atoms with Crippen molar-refractivity contribution in [3.63, 3.8) is 0 Å². The van der Waals surface area contributed by atoms with Crippen LogP contribution >= 0.6 is 11.6 Å². The van der Waals surface area contributed by atoms with Crippen molar-refractivity contribution in [1.29, 1.82) is 0 Å². The maximum Gasteiger partial charge on any atom is 0.408 e. The molecule has 0 aliphatic rings. The Kier molecular flexibility index (Phi) is 8.32. The number of hydrogen-bond acceptors (Lipinski definition) is 6. The van der Waals surface area contributed by atoms with Crippen LogP contribution in [0.4, 0.5) is 9.59 Å². The summed E-state index contributed by atoms with van der Waals surface area (Å²) in [6, 6.07) is 12.6. The number of carbonyl (C=O) groups is 2. The molecule has 0 radical (unpaired) electrons. The molecule has 0 bridgehead atoms. The molecule has 0 spiro atoms. The molecule has 2 amide bonds. The lowest BCUT2D eigenvalue weighted by atomic mass is 9.91. The number of nitrogens with one attached hydrogen (secondary N) is 2. The van der Waals surface area contributed by atoms with Crippen LogP contribution < -0.4 is 10.6 Å². The largest absolute Gasteiger partial charge is 0.445 e. The lowest BCUT2D eigenvalue weighted by molar-refractivity contribution is 0.0296. The molecule has 1 heterocycles. The lowest BCUT2D eigenvalue weighted by Crippen LogP contribution is -2.43. The summed E-state index contributed by atoms with van der Waals surface area (Å²) in [6.45, 7) is 10.3. The van der Waals surface area contributed by atoms with E-state index in [4.69, 9.17) is 21.1 Å². The third kappa shape index (κ3) is 8.55. The molecule has 0 aliphatic carbocycles. The number of halogens is 1. The highest BCUT2D eigenvalue weighted by Crippen LogP contribution is 2.28. The Balaban J connectivity index is 2.09. The van der Waals surface area contributed by atoms with Gasteiger partial charge in [0, 0.05) is 0 Å². The molecule has 0 aliphatic heterocycles. The predicted molar refractivity (Wildman–Crippen MR) is 126 cm³/mol. The van der Waals surface area contributed by atoms with Gasteiger partial charge < -0.3 is 25.2 Å². The Bertz CT molecular complexity index is 972. The van der Waals surface area contributed by atoms with Gasteiger partial charge in [-0.2, -0.15) is 0 Å². The molecule has 0 fully saturated rings. The smallest absolute Gasteiger partial charge is 0.408 e. The van der Waals surface area contributed by atoms with Crippen LogP contribution in [0.3, 0.4) is 0 Å². The first-order valence-corrected chi connectivity index (χ1v) is 10.9. The molecule has 2 aromatic rings. The van der Waals surface area contributed by atoms with Crippen LogP contribution in [0.5, 0.6) is 0 Å². The third-order valence-corrected chi connectivity index (χ3v) is 4.86. The van der Waals surface area contributed by atoms with Gasteiger partial charge in [-0.3, -0.25) is 0 Å². The highest BCUT2D eigenvalue weighted by molar-refractivity contribution is 6.29. The van der Waals surface area contributed by atoms with Crippen LogP contribution in [-0.4, -0.2) is 34.4 Å². The molecule has 8 nitrogen and oxygen atoms in total. The number of ether oxygens (including phenoxy) is 2. The van der Waals surface area contributed by atoms with Crippen molar-refractivity contribution in [2.75, 3.05) is 6.54 Å². The zero-order chi connectivity index (χ0) is 24.9. The van der Waals surface area contributed by atoms with Crippen LogP contribution in [0.25, 0.3) is 0 Å². The van der Waals surface area contributed by atoms with Gasteiger partial charge in [0.25, 0.3) is 0 Å². The van der Waals surface area contributed by atoms with Gasteiger partial charge in [-0.25, -0.2) is 14.6 Å². The maximum absolute atomic E-state index is 12.4. The molecule has 2 rings (SSSR count). The molecular formula is C24H32ClN3O5. The number of aliphatic hydroxyl groups is 1. The molecule has 1 aromatic heterocycles. The SMILES string of the molecule is CC(C)(C)OC(=O)NCC(C)(O)c1cc(C(C)(C)NC(=O)OCc2ccccc2)cc(Cl)n1. The second-order valence-corrected chi connectivity index (χ2v) is 9.89. The summed E-state index contributed by atoms with van der Waals surface area (Å²) < 4.78 is 10.5. The van der Waals surface area contributed by atoms with Crippen molar-refractivity contribution in [1.82, 2.24) is 15.6 Å². The molecular weight excluding hydrogens is 446 g/mol. The van der Waals surface area contributed by atoms with Crippen molar-refractivity contribution >= 4 is 23.8 Å². The first-order valence-electron chi connectivity index (χ1n) is 10.5. The lowest BCUT2D eigenvalue weighted by Gasteiger charge is -2.29. The summed E-state index contributed by atoms with van der Waals surface area (Å²) in [6.07, 6.45) is -1.26. The van der Waals surface area contributed by atoms with Crippen LogP contribution in [-0.2, 0) is 27.2 Å². The van der Waals surface area contributed by atoms with Crippen molar-refractivity contribution in [2.24, 2.45) is 0 Å². The number of amides is 2. The van der Waals surface area contributed by atoms with Gasteiger partial charge in [-0.15, -0.1) is 0 Å². The Labute approximate surface area is 199 Å². The number of benzene rings is 1. The summed E-state index contributed by atoms with van der Waals surface area (Å²) in [7, 11) is 0.